The van der Waals surface area contributed by atoms with Crippen molar-refractivity contribution in [3.8, 4) is 11.5 Å². The minimum absolute atomic E-state index is 0.0791. The number of ether oxygens (including phenoxy) is 2. The van der Waals surface area contributed by atoms with Crippen LogP contribution < -0.4 is 14.8 Å². The monoisotopic (exact) mass is 440 g/mol. The molecule has 0 bridgehead atoms. The molecule has 1 saturated heterocycles. The maximum atomic E-state index is 12.3. The van der Waals surface area contributed by atoms with Gasteiger partial charge >= 0.3 is 0 Å². The zero-order valence-corrected chi connectivity index (χ0v) is 17.8. The topological polar surface area (TPSA) is 67.9 Å². The molecule has 1 fully saturated rings. The molecule has 1 aliphatic heterocycles. The van der Waals surface area contributed by atoms with Gasteiger partial charge in [-0.2, -0.15) is 0 Å². The molecule has 7 heteroatoms. The Bertz CT molecular complexity index is 651. The average molecular weight is 441 g/mol. The van der Waals surface area contributed by atoms with Crippen LogP contribution in [0.15, 0.2) is 16.6 Å². The van der Waals surface area contributed by atoms with E-state index in [1.165, 1.54) is 0 Å². The molecule has 6 nitrogen and oxygen atoms in total. The Morgan fingerprint density at radius 3 is 2.56 bits per heavy atom. The number of nitrogens with zero attached hydrogens (tertiary/aromatic N) is 1. The van der Waals surface area contributed by atoms with E-state index in [1.54, 1.807) is 0 Å². The van der Waals surface area contributed by atoms with Crippen molar-refractivity contribution in [1.29, 1.82) is 0 Å². The molecular weight excluding hydrogens is 412 g/mol. The molecule has 0 atom stereocenters. The van der Waals surface area contributed by atoms with Crippen molar-refractivity contribution < 1.29 is 19.1 Å². The third kappa shape index (κ3) is 6.72. The third-order valence-electron chi connectivity index (χ3n) is 4.44. The summed E-state index contributed by atoms with van der Waals surface area (Å²) in [5.74, 6) is 1.41. The molecule has 1 N–H and O–H groups in total. The molecule has 1 aromatic carbocycles. The fourth-order valence-corrected chi connectivity index (χ4v) is 3.55. The highest BCUT2D eigenvalue weighted by Gasteiger charge is 2.17. The standard InChI is InChI=1S/C20H29BrN2O4/c1-3-26-17-12-15(16(21)14-18(17)27-4-2)13-19(24)22-9-11-23-10-7-5-6-8-20(23)25/h12,14H,3-11,13H2,1-2H3,(H,22,24). The van der Waals surface area contributed by atoms with Gasteiger partial charge in [-0.3, -0.25) is 9.59 Å². The largest absolute Gasteiger partial charge is 0.490 e. The molecule has 150 valence electrons. The lowest BCUT2D eigenvalue weighted by Gasteiger charge is -2.20. The molecule has 1 aromatic rings. The van der Waals surface area contributed by atoms with Gasteiger partial charge in [0.25, 0.3) is 0 Å². The van der Waals surface area contributed by atoms with Gasteiger partial charge in [0.1, 0.15) is 0 Å². The van der Waals surface area contributed by atoms with E-state index < -0.39 is 0 Å². The van der Waals surface area contributed by atoms with E-state index in [9.17, 15) is 9.59 Å². The molecule has 2 amide bonds. The van der Waals surface area contributed by atoms with Crippen LogP contribution in [0, 0.1) is 0 Å². The molecule has 27 heavy (non-hydrogen) atoms. The summed E-state index contributed by atoms with van der Waals surface area (Å²) in [4.78, 5) is 26.2. The lowest BCUT2D eigenvalue weighted by Crippen LogP contribution is -2.38. The number of hydrogen-bond donors (Lipinski definition) is 1. The highest BCUT2D eigenvalue weighted by atomic mass is 79.9. The molecule has 1 aliphatic rings. The highest BCUT2D eigenvalue weighted by Crippen LogP contribution is 2.34. The van der Waals surface area contributed by atoms with Crippen molar-refractivity contribution in [1.82, 2.24) is 10.2 Å². The van der Waals surface area contributed by atoms with Crippen molar-refractivity contribution in [2.45, 2.75) is 46.0 Å². The molecule has 0 spiro atoms. The molecule has 0 aromatic heterocycles. The molecule has 0 radical (unpaired) electrons. The van der Waals surface area contributed by atoms with Crippen molar-refractivity contribution in [2.75, 3.05) is 32.8 Å². The maximum Gasteiger partial charge on any atom is 0.224 e. The summed E-state index contributed by atoms with van der Waals surface area (Å²) in [5, 5.41) is 2.91. The third-order valence-corrected chi connectivity index (χ3v) is 5.18. The first kappa shape index (κ1) is 21.5. The summed E-state index contributed by atoms with van der Waals surface area (Å²) >= 11 is 3.51. The van der Waals surface area contributed by atoms with Crippen molar-refractivity contribution >= 4 is 27.7 Å². The fraction of sp³-hybridized carbons (Fsp3) is 0.600. The lowest BCUT2D eigenvalue weighted by molar-refractivity contribution is -0.131. The number of amides is 2. The Kier molecular flexibility index (Phi) is 8.91. The summed E-state index contributed by atoms with van der Waals surface area (Å²) in [6.07, 6.45) is 3.96. The maximum absolute atomic E-state index is 12.3. The van der Waals surface area contributed by atoms with Crippen LogP contribution in [0.25, 0.3) is 0 Å². The zero-order valence-electron chi connectivity index (χ0n) is 16.2. The lowest BCUT2D eigenvalue weighted by atomic mass is 10.1. The highest BCUT2D eigenvalue weighted by molar-refractivity contribution is 9.10. The van der Waals surface area contributed by atoms with Gasteiger partial charge < -0.3 is 19.7 Å². The molecule has 0 saturated carbocycles. The smallest absolute Gasteiger partial charge is 0.224 e. The summed E-state index contributed by atoms with van der Waals surface area (Å²) in [6.45, 7) is 6.72. The quantitative estimate of drug-likeness (QED) is 0.639. The van der Waals surface area contributed by atoms with Crippen LogP contribution in [0.3, 0.4) is 0 Å². The number of rotatable bonds is 9. The molecule has 0 unspecified atom stereocenters. The van der Waals surface area contributed by atoms with Gasteiger partial charge in [-0.25, -0.2) is 0 Å². The summed E-state index contributed by atoms with van der Waals surface area (Å²) in [7, 11) is 0. The number of carbonyl (C=O) groups is 2. The summed E-state index contributed by atoms with van der Waals surface area (Å²) < 4.78 is 12.0. The van der Waals surface area contributed by atoms with E-state index >= 15 is 0 Å². The molecule has 0 aliphatic carbocycles. The predicted molar refractivity (Wildman–Crippen MR) is 108 cm³/mol. The zero-order chi connectivity index (χ0) is 19.6. The molecule has 2 rings (SSSR count). The Labute approximate surface area is 169 Å². The number of benzene rings is 1. The average Bonchev–Trinajstić information content (AvgIpc) is 2.84. The Morgan fingerprint density at radius 1 is 1.15 bits per heavy atom. The first-order chi connectivity index (χ1) is 13.0. The van der Waals surface area contributed by atoms with E-state index in [-0.39, 0.29) is 18.2 Å². The van der Waals surface area contributed by atoms with E-state index in [2.05, 4.69) is 21.2 Å². The number of carbonyl (C=O) groups excluding carboxylic acids is 2. The number of likely N-dealkylation sites (tertiary alicyclic amines) is 1. The first-order valence-corrected chi connectivity index (χ1v) is 10.5. The van der Waals surface area contributed by atoms with Crippen molar-refractivity contribution in [3.63, 3.8) is 0 Å². The normalized spacial score (nSPS) is 14.6. The Morgan fingerprint density at radius 2 is 1.85 bits per heavy atom. The van der Waals surface area contributed by atoms with Crippen LogP contribution >= 0.6 is 15.9 Å². The second kappa shape index (κ2) is 11.2. The van der Waals surface area contributed by atoms with Crippen LogP contribution in [-0.4, -0.2) is 49.6 Å². The minimum atomic E-state index is -0.0791. The van der Waals surface area contributed by atoms with Gasteiger partial charge in [0.2, 0.25) is 11.8 Å². The van der Waals surface area contributed by atoms with E-state index in [0.717, 1.165) is 35.8 Å². The predicted octanol–water partition coefficient (Wildman–Crippen LogP) is 3.31. The van der Waals surface area contributed by atoms with Crippen LogP contribution in [0.4, 0.5) is 0 Å². The minimum Gasteiger partial charge on any atom is -0.490 e. The molecule has 1 heterocycles. The molecular formula is C20H29BrN2O4. The van der Waals surface area contributed by atoms with Crippen LogP contribution in [0.2, 0.25) is 0 Å². The second-order valence-corrected chi connectivity index (χ2v) is 7.33. The fourth-order valence-electron chi connectivity index (χ4n) is 3.09. The van der Waals surface area contributed by atoms with E-state index in [4.69, 9.17) is 9.47 Å². The number of nitrogens with one attached hydrogen (secondary N) is 1. The van der Waals surface area contributed by atoms with Crippen molar-refractivity contribution in [2.24, 2.45) is 0 Å². The number of halogens is 1. The summed E-state index contributed by atoms with van der Waals surface area (Å²) in [5.41, 5.74) is 0.838. The van der Waals surface area contributed by atoms with Crippen molar-refractivity contribution in [3.05, 3.63) is 22.2 Å². The van der Waals surface area contributed by atoms with Gasteiger partial charge in [0, 0.05) is 30.5 Å². The van der Waals surface area contributed by atoms with Crippen LogP contribution in [0.1, 0.15) is 45.1 Å². The van der Waals surface area contributed by atoms with Gasteiger partial charge in [-0.05, 0) is 44.4 Å². The van der Waals surface area contributed by atoms with Crippen LogP contribution in [0.5, 0.6) is 11.5 Å². The second-order valence-electron chi connectivity index (χ2n) is 6.47. The van der Waals surface area contributed by atoms with Gasteiger partial charge in [0.05, 0.1) is 19.6 Å². The van der Waals surface area contributed by atoms with Gasteiger partial charge in [0.15, 0.2) is 11.5 Å². The van der Waals surface area contributed by atoms with Gasteiger partial charge in [-0.1, -0.05) is 22.4 Å². The Balaban J connectivity index is 1.90. The first-order valence-electron chi connectivity index (χ1n) is 9.67. The van der Waals surface area contributed by atoms with E-state index in [1.807, 2.05) is 30.9 Å². The summed E-state index contributed by atoms with van der Waals surface area (Å²) in [6, 6.07) is 3.68. The number of hydrogen-bond acceptors (Lipinski definition) is 4. The van der Waals surface area contributed by atoms with Gasteiger partial charge in [-0.15, -0.1) is 0 Å². The van der Waals surface area contributed by atoms with Crippen LogP contribution in [-0.2, 0) is 16.0 Å². The van der Waals surface area contributed by atoms with E-state index in [0.29, 0.717) is 44.2 Å². The SMILES string of the molecule is CCOc1cc(Br)c(CC(=O)NCCN2CCCCCC2=O)cc1OCC. The Hall–Kier alpha value is -1.76.